The van der Waals surface area contributed by atoms with E-state index in [1.54, 1.807) is 17.1 Å². The highest BCUT2D eigenvalue weighted by Gasteiger charge is 2.19. The van der Waals surface area contributed by atoms with Crippen LogP contribution in [0.5, 0.6) is 11.6 Å². The quantitative estimate of drug-likeness (QED) is 0.686. The molecule has 0 N–H and O–H groups in total. The first kappa shape index (κ1) is 17.2. The van der Waals surface area contributed by atoms with Gasteiger partial charge in [-0.3, -0.25) is 9.88 Å². The maximum atomic E-state index is 6.03. The molecular formula is C18H23N5O2. The second-order valence-electron chi connectivity index (χ2n) is 6.26. The zero-order valence-electron chi connectivity index (χ0n) is 15.3. The minimum Gasteiger partial charge on any atom is -0.437 e. The molecule has 0 aliphatic carbocycles. The van der Waals surface area contributed by atoms with E-state index in [0.29, 0.717) is 12.3 Å². The Morgan fingerprint density at radius 1 is 1.16 bits per heavy atom. The van der Waals surface area contributed by atoms with Crippen molar-refractivity contribution in [3.63, 3.8) is 0 Å². The molecule has 3 heterocycles. The molecule has 0 aliphatic rings. The second-order valence-corrected chi connectivity index (χ2v) is 6.26. The Labute approximate surface area is 147 Å². The monoisotopic (exact) mass is 341 g/mol. The van der Waals surface area contributed by atoms with Crippen molar-refractivity contribution in [1.82, 2.24) is 24.8 Å². The van der Waals surface area contributed by atoms with Gasteiger partial charge in [-0.25, -0.2) is 4.68 Å². The number of hydrogen-bond donors (Lipinski definition) is 0. The molecule has 3 rings (SSSR count). The topological polar surface area (TPSA) is 69.2 Å². The average Bonchev–Trinajstić information content (AvgIpc) is 3.03. The zero-order chi connectivity index (χ0) is 18.0. The molecule has 0 radical (unpaired) electrons. The van der Waals surface area contributed by atoms with Crippen LogP contribution < -0.4 is 4.74 Å². The third kappa shape index (κ3) is 3.71. The van der Waals surface area contributed by atoms with E-state index in [9.17, 15) is 0 Å². The molecule has 0 bridgehead atoms. The van der Waals surface area contributed by atoms with Gasteiger partial charge >= 0.3 is 0 Å². The van der Waals surface area contributed by atoms with E-state index in [2.05, 4.69) is 27.2 Å². The lowest BCUT2D eigenvalue weighted by atomic mass is 10.1. The standard InChI is InChI=1S/C18H23N5O2/c1-12-17(11-22(4)10-16-13(2)21-25-14(16)3)18(23(5)20-12)24-15-7-6-8-19-9-15/h6-9H,10-11H2,1-5H3. The van der Waals surface area contributed by atoms with E-state index in [1.807, 2.05) is 40.0 Å². The van der Waals surface area contributed by atoms with Gasteiger partial charge in [-0.05, 0) is 40.0 Å². The van der Waals surface area contributed by atoms with Gasteiger partial charge in [-0.2, -0.15) is 5.10 Å². The van der Waals surface area contributed by atoms with Gasteiger partial charge in [0.1, 0.15) is 11.5 Å². The number of hydrogen-bond acceptors (Lipinski definition) is 6. The number of aryl methyl sites for hydroxylation is 4. The molecule has 7 nitrogen and oxygen atoms in total. The summed E-state index contributed by atoms with van der Waals surface area (Å²) >= 11 is 0. The molecule has 3 aromatic rings. The van der Waals surface area contributed by atoms with Gasteiger partial charge in [-0.15, -0.1) is 0 Å². The van der Waals surface area contributed by atoms with Crippen LogP contribution in [-0.2, 0) is 20.1 Å². The van der Waals surface area contributed by atoms with E-state index < -0.39 is 0 Å². The van der Waals surface area contributed by atoms with Gasteiger partial charge in [0.05, 0.1) is 23.1 Å². The Kier molecular flexibility index (Phi) is 4.85. The van der Waals surface area contributed by atoms with Gasteiger partial charge in [-0.1, -0.05) is 5.16 Å². The van der Waals surface area contributed by atoms with E-state index in [0.717, 1.165) is 40.7 Å². The van der Waals surface area contributed by atoms with Gasteiger partial charge in [0, 0.05) is 31.9 Å². The highest BCUT2D eigenvalue weighted by molar-refractivity contribution is 5.35. The van der Waals surface area contributed by atoms with Crippen LogP contribution in [0.15, 0.2) is 29.0 Å². The predicted octanol–water partition coefficient (Wildman–Crippen LogP) is 3.15. The van der Waals surface area contributed by atoms with E-state index in [-0.39, 0.29) is 0 Å². The van der Waals surface area contributed by atoms with Gasteiger partial charge in [0.2, 0.25) is 5.88 Å². The highest BCUT2D eigenvalue weighted by Crippen LogP contribution is 2.28. The minimum atomic E-state index is 0.695. The highest BCUT2D eigenvalue weighted by atomic mass is 16.5. The molecule has 0 aliphatic heterocycles. The van der Waals surface area contributed by atoms with Crippen LogP contribution in [-0.4, -0.2) is 31.9 Å². The molecule has 0 spiro atoms. The zero-order valence-corrected chi connectivity index (χ0v) is 15.3. The fourth-order valence-electron chi connectivity index (χ4n) is 2.83. The van der Waals surface area contributed by atoms with Crippen LogP contribution in [0.4, 0.5) is 0 Å². The number of ether oxygens (including phenoxy) is 1. The van der Waals surface area contributed by atoms with Crippen LogP contribution in [0.1, 0.15) is 28.3 Å². The SMILES string of the molecule is Cc1noc(C)c1CN(C)Cc1c(C)nn(C)c1Oc1cccnc1. The summed E-state index contributed by atoms with van der Waals surface area (Å²) in [6.07, 6.45) is 3.42. The number of aromatic nitrogens is 4. The van der Waals surface area contributed by atoms with E-state index in [4.69, 9.17) is 9.26 Å². The summed E-state index contributed by atoms with van der Waals surface area (Å²) in [6.45, 7) is 7.36. The lowest BCUT2D eigenvalue weighted by Gasteiger charge is -2.17. The van der Waals surface area contributed by atoms with Crippen molar-refractivity contribution in [3.05, 3.63) is 52.8 Å². The summed E-state index contributed by atoms with van der Waals surface area (Å²) in [5, 5.41) is 8.53. The number of nitrogens with zero attached hydrogens (tertiary/aromatic N) is 5. The Morgan fingerprint density at radius 2 is 1.92 bits per heavy atom. The summed E-state index contributed by atoms with van der Waals surface area (Å²) in [5.41, 5.74) is 4.06. The first-order valence-electron chi connectivity index (χ1n) is 8.16. The first-order valence-corrected chi connectivity index (χ1v) is 8.16. The lowest BCUT2D eigenvalue weighted by molar-refractivity contribution is 0.307. The largest absolute Gasteiger partial charge is 0.437 e. The summed E-state index contributed by atoms with van der Waals surface area (Å²) < 4.78 is 13.0. The molecule has 0 aromatic carbocycles. The summed E-state index contributed by atoms with van der Waals surface area (Å²) in [7, 11) is 3.95. The maximum Gasteiger partial charge on any atom is 0.222 e. The van der Waals surface area contributed by atoms with Crippen molar-refractivity contribution < 1.29 is 9.26 Å². The third-order valence-electron chi connectivity index (χ3n) is 4.18. The molecule has 0 atom stereocenters. The molecule has 3 aromatic heterocycles. The molecule has 132 valence electrons. The van der Waals surface area contributed by atoms with Crippen LogP contribution >= 0.6 is 0 Å². The van der Waals surface area contributed by atoms with Gasteiger partial charge < -0.3 is 9.26 Å². The fraction of sp³-hybridized carbons (Fsp3) is 0.389. The first-order chi connectivity index (χ1) is 12.0. The second kappa shape index (κ2) is 7.06. The third-order valence-corrected chi connectivity index (χ3v) is 4.18. The van der Waals surface area contributed by atoms with Crippen molar-refractivity contribution in [2.75, 3.05) is 7.05 Å². The van der Waals surface area contributed by atoms with Gasteiger partial charge in [0.25, 0.3) is 0 Å². The Bertz CT molecular complexity index is 834. The number of rotatable bonds is 6. The molecular weight excluding hydrogens is 318 g/mol. The van der Waals surface area contributed by atoms with Crippen molar-refractivity contribution in [1.29, 1.82) is 0 Å². The minimum absolute atomic E-state index is 0.695. The summed E-state index contributed by atoms with van der Waals surface area (Å²) in [5.74, 6) is 2.29. The molecule has 0 unspecified atom stereocenters. The Balaban J connectivity index is 1.80. The Hall–Kier alpha value is -2.67. The lowest BCUT2D eigenvalue weighted by Crippen LogP contribution is -2.18. The molecule has 0 fully saturated rings. The van der Waals surface area contributed by atoms with Crippen LogP contribution in [0.3, 0.4) is 0 Å². The fourth-order valence-corrected chi connectivity index (χ4v) is 2.83. The smallest absolute Gasteiger partial charge is 0.222 e. The van der Waals surface area contributed by atoms with Crippen molar-refractivity contribution in [2.45, 2.75) is 33.9 Å². The summed E-state index contributed by atoms with van der Waals surface area (Å²) in [6, 6.07) is 3.73. The Morgan fingerprint density at radius 3 is 2.56 bits per heavy atom. The van der Waals surface area contributed by atoms with E-state index in [1.165, 1.54) is 0 Å². The van der Waals surface area contributed by atoms with Crippen molar-refractivity contribution >= 4 is 0 Å². The maximum absolute atomic E-state index is 6.03. The van der Waals surface area contributed by atoms with Crippen LogP contribution in [0, 0.1) is 20.8 Å². The van der Waals surface area contributed by atoms with Gasteiger partial charge in [0.15, 0.2) is 0 Å². The van der Waals surface area contributed by atoms with Crippen molar-refractivity contribution in [2.24, 2.45) is 7.05 Å². The molecule has 25 heavy (non-hydrogen) atoms. The average molecular weight is 341 g/mol. The molecule has 7 heteroatoms. The molecule has 0 saturated carbocycles. The van der Waals surface area contributed by atoms with Crippen molar-refractivity contribution in [3.8, 4) is 11.6 Å². The normalized spacial score (nSPS) is 11.3. The van der Waals surface area contributed by atoms with E-state index >= 15 is 0 Å². The number of pyridine rings is 1. The van der Waals surface area contributed by atoms with Crippen LogP contribution in [0.2, 0.25) is 0 Å². The molecule has 0 amide bonds. The van der Waals surface area contributed by atoms with Crippen LogP contribution in [0.25, 0.3) is 0 Å². The molecule has 0 saturated heterocycles. The summed E-state index contributed by atoms with van der Waals surface area (Å²) in [4.78, 5) is 6.30. The predicted molar refractivity (Wildman–Crippen MR) is 93.4 cm³/mol.